The smallest absolute Gasteiger partial charge is 0.364 e. The predicted octanol–water partition coefficient (Wildman–Crippen LogP) is 4.41. The third-order valence-electron chi connectivity index (χ3n) is 4.96. The van der Waals surface area contributed by atoms with Crippen LogP contribution < -0.4 is 5.32 Å². The summed E-state index contributed by atoms with van der Waals surface area (Å²) >= 11 is 5.29. The summed E-state index contributed by atoms with van der Waals surface area (Å²) < 4.78 is 35.5. The SMILES string of the molecule is O=C(Nc1c(C(=O)O)cnn1-c1ccccc1)c1cc2nc(-c3ccco3)cc(C(F)(F)Cl)n2n1. The standard InChI is InChI=1S/C22H13ClF2N6O4/c23-22(24,25)17-9-14(16-7-4-8-35-16)27-18-10-15(29-31(17)18)20(32)28-19-13(21(33)34)11-26-30(19)12-5-2-1-3-6-12/h1-11H,(H,28,32)(H,33,34). The average molecular weight is 499 g/mol. The molecule has 4 aromatic heterocycles. The van der Waals surface area contributed by atoms with Crippen LogP contribution in [0.3, 0.4) is 0 Å². The van der Waals surface area contributed by atoms with E-state index in [2.05, 4.69) is 20.5 Å². The van der Waals surface area contributed by atoms with Crippen LogP contribution in [0.25, 0.3) is 22.8 Å². The summed E-state index contributed by atoms with van der Waals surface area (Å²) in [5.41, 5.74) is -0.894. The number of carbonyl (C=O) groups excluding carboxylic acids is 1. The molecule has 0 bridgehead atoms. The molecule has 1 amide bonds. The van der Waals surface area contributed by atoms with Gasteiger partial charge in [-0.15, -0.1) is 0 Å². The highest BCUT2D eigenvalue weighted by atomic mass is 35.5. The highest BCUT2D eigenvalue weighted by Gasteiger charge is 2.34. The number of aromatic carboxylic acids is 1. The summed E-state index contributed by atoms with van der Waals surface area (Å²) in [5.74, 6) is -2.14. The van der Waals surface area contributed by atoms with Crippen LogP contribution in [0.2, 0.25) is 0 Å². The van der Waals surface area contributed by atoms with Gasteiger partial charge in [-0.05, 0) is 41.9 Å². The minimum absolute atomic E-state index is 0.0556. The van der Waals surface area contributed by atoms with Crippen LogP contribution in [0.4, 0.5) is 14.6 Å². The lowest BCUT2D eigenvalue weighted by molar-refractivity contribution is 0.0697. The Morgan fingerprint density at radius 2 is 1.89 bits per heavy atom. The maximum atomic E-state index is 14.2. The van der Waals surface area contributed by atoms with Gasteiger partial charge < -0.3 is 14.8 Å². The summed E-state index contributed by atoms with van der Waals surface area (Å²) in [5, 5.41) is 16.1. The van der Waals surface area contributed by atoms with Gasteiger partial charge in [-0.2, -0.15) is 19.0 Å². The predicted molar refractivity (Wildman–Crippen MR) is 119 cm³/mol. The number of carbonyl (C=O) groups is 2. The molecule has 0 atom stereocenters. The summed E-state index contributed by atoms with van der Waals surface area (Å²) in [4.78, 5) is 28.9. The first kappa shape index (κ1) is 22.2. The third kappa shape index (κ3) is 4.10. The molecule has 0 aliphatic carbocycles. The summed E-state index contributed by atoms with van der Waals surface area (Å²) in [6.07, 6.45) is 2.43. The van der Waals surface area contributed by atoms with Gasteiger partial charge in [0.25, 0.3) is 5.91 Å². The minimum Gasteiger partial charge on any atom is -0.477 e. The topological polar surface area (TPSA) is 128 Å². The molecular weight excluding hydrogens is 486 g/mol. The van der Waals surface area contributed by atoms with Crippen molar-refractivity contribution in [2.24, 2.45) is 0 Å². The zero-order valence-electron chi connectivity index (χ0n) is 17.4. The second-order valence-corrected chi connectivity index (χ2v) is 7.69. The van der Waals surface area contributed by atoms with Crippen LogP contribution in [0, 0.1) is 0 Å². The van der Waals surface area contributed by atoms with Crippen molar-refractivity contribution >= 4 is 34.9 Å². The van der Waals surface area contributed by atoms with Gasteiger partial charge in [-0.25, -0.2) is 19.0 Å². The van der Waals surface area contributed by atoms with Gasteiger partial charge in [-0.1, -0.05) is 18.2 Å². The maximum Gasteiger partial charge on any atom is 0.364 e. The van der Waals surface area contributed by atoms with Crippen molar-refractivity contribution in [1.82, 2.24) is 24.4 Å². The molecule has 0 spiro atoms. The van der Waals surface area contributed by atoms with Crippen LogP contribution >= 0.6 is 11.6 Å². The van der Waals surface area contributed by atoms with Crippen molar-refractivity contribution in [3.63, 3.8) is 0 Å². The van der Waals surface area contributed by atoms with Gasteiger partial charge in [0.1, 0.15) is 17.0 Å². The number of rotatable bonds is 6. The molecule has 0 aliphatic heterocycles. The van der Waals surface area contributed by atoms with Gasteiger partial charge >= 0.3 is 11.4 Å². The molecule has 2 N–H and O–H groups in total. The third-order valence-corrected chi connectivity index (χ3v) is 5.15. The van der Waals surface area contributed by atoms with Crippen molar-refractivity contribution in [1.29, 1.82) is 0 Å². The fourth-order valence-electron chi connectivity index (χ4n) is 3.40. The Morgan fingerprint density at radius 1 is 1.11 bits per heavy atom. The minimum atomic E-state index is -3.84. The van der Waals surface area contributed by atoms with E-state index in [0.29, 0.717) is 5.69 Å². The Kier molecular flexibility index (Phi) is 5.29. The summed E-state index contributed by atoms with van der Waals surface area (Å²) in [6.45, 7) is 0. The number of aromatic nitrogens is 5. The van der Waals surface area contributed by atoms with E-state index in [1.54, 1.807) is 36.4 Å². The second-order valence-electron chi connectivity index (χ2n) is 7.21. The normalized spacial score (nSPS) is 11.6. The number of benzene rings is 1. The Labute approximate surface area is 199 Å². The van der Waals surface area contributed by atoms with Crippen molar-refractivity contribution < 1.29 is 27.9 Å². The Balaban J connectivity index is 1.58. The number of carboxylic acid groups (broad SMARTS) is 1. The molecule has 0 unspecified atom stereocenters. The lowest BCUT2D eigenvalue weighted by Gasteiger charge is -2.11. The number of anilines is 1. The number of hydrogen-bond donors (Lipinski definition) is 2. The van der Waals surface area contributed by atoms with Crippen molar-refractivity contribution in [2.75, 3.05) is 5.32 Å². The molecule has 0 saturated carbocycles. The molecule has 0 saturated heterocycles. The van der Waals surface area contributed by atoms with Crippen molar-refractivity contribution in [2.45, 2.75) is 5.38 Å². The number of nitrogens with one attached hydrogen (secondary N) is 1. The molecule has 35 heavy (non-hydrogen) atoms. The molecule has 13 heteroatoms. The molecule has 0 fully saturated rings. The number of furan rings is 1. The Bertz CT molecular complexity index is 1560. The van der Waals surface area contributed by atoms with Crippen LogP contribution in [0.1, 0.15) is 26.5 Å². The van der Waals surface area contributed by atoms with E-state index in [1.165, 1.54) is 17.0 Å². The number of halogens is 3. The summed E-state index contributed by atoms with van der Waals surface area (Å²) in [7, 11) is 0. The lowest BCUT2D eigenvalue weighted by atomic mass is 10.2. The van der Waals surface area contributed by atoms with Gasteiger partial charge in [0.05, 0.1) is 18.1 Å². The van der Waals surface area contributed by atoms with Crippen LogP contribution in [-0.2, 0) is 5.38 Å². The largest absolute Gasteiger partial charge is 0.477 e. The first-order valence-corrected chi connectivity index (χ1v) is 10.3. The fraction of sp³-hybridized carbons (Fsp3) is 0.0455. The number of hydrogen-bond acceptors (Lipinski definition) is 6. The van der Waals surface area contributed by atoms with E-state index in [0.717, 1.165) is 22.8 Å². The highest BCUT2D eigenvalue weighted by molar-refractivity contribution is 6.21. The first-order chi connectivity index (χ1) is 16.7. The van der Waals surface area contributed by atoms with E-state index in [-0.39, 0.29) is 34.2 Å². The maximum absolute atomic E-state index is 14.2. The number of amides is 1. The molecule has 0 radical (unpaired) electrons. The number of carboxylic acids is 1. The molecule has 1 aromatic carbocycles. The second kappa shape index (κ2) is 8.33. The van der Waals surface area contributed by atoms with Gasteiger partial charge in [0.15, 0.2) is 22.9 Å². The Hall–Kier alpha value is -4.58. The quantitative estimate of drug-likeness (QED) is 0.332. The molecule has 5 aromatic rings. The molecule has 176 valence electrons. The molecular formula is C22H13ClF2N6O4. The number of fused-ring (bicyclic) bond motifs is 1. The number of nitrogens with zero attached hydrogens (tertiary/aromatic N) is 5. The van der Waals surface area contributed by atoms with Gasteiger partial charge in [0, 0.05) is 6.07 Å². The van der Waals surface area contributed by atoms with Gasteiger partial charge in [-0.3, -0.25) is 4.79 Å². The monoisotopic (exact) mass is 498 g/mol. The first-order valence-electron chi connectivity index (χ1n) is 9.92. The van der Waals surface area contributed by atoms with Crippen LogP contribution in [0.15, 0.2) is 71.5 Å². The van der Waals surface area contributed by atoms with E-state index in [9.17, 15) is 23.5 Å². The highest BCUT2D eigenvalue weighted by Crippen LogP contribution is 2.34. The molecule has 4 heterocycles. The number of alkyl halides is 3. The lowest BCUT2D eigenvalue weighted by Crippen LogP contribution is -2.18. The summed E-state index contributed by atoms with van der Waals surface area (Å²) in [6, 6.07) is 13.7. The molecule has 0 aliphatic rings. The zero-order valence-corrected chi connectivity index (χ0v) is 18.1. The zero-order chi connectivity index (χ0) is 24.7. The van der Waals surface area contributed by atoms with Crippen LogP contribution in [0.5, 0.6) is 0 Å². The van der Waals surface area contributed by atoms with E-state index < -0.39 is 23.0 Å². The average Bonchev–Trinajstić information content (AvgIpc) is 3.57. The molecule has 5 rings (SSSR count). The van der Waals surface area contributed by atoms with E-state index in [4.69, 9.17) is 16.0 Å². The van der Waals surface area contributed by atoms with Crippen molar-refractivity contribution in [3.8, 4) is 17.1 Å². The van der Waals surface area contributed by atoms with E-state index >= 15 is 0 Å². The van der Waals surface area contributed by atoms with Crippen molar-refractivity contribution in [3.05, 3.63) is 84.0 Å². The Morgan fingerprint density at radius 3 is 2.54 bits per heavy atom. The molecule has 10 nitrogen and oxygen atoms in total. The number of para-hydroxylation sites is 1. The van der Waals surface area contributed by atoms with E-state index in [1.807, 2.05) is 0 Å². The fourth-order valence-corrected chi connectivity index (χ4v) is 3.53. The van der Waals surface area contributed by atoms with Crippen LogP contribution in [-0.4, -0.2) is 41.4 Å². The van der Waals surface area contributed by atoms with Gasteiger partial charge in [0.2, 0.25) is 0 Å².